The van der Waals surface area contributed by atoms with Crippen molar-refractivity contribution in [3.8, 4) is 22.6 Å². The van der Waals surface area contributed by atoms with Gasteiger partial charge < -0.3 is 19.9 Å². The van der Waals surface area contributed by atoms with Crippen LogP contribution in [0.4, 0.5) is 11.6 Å². The summed E-state index contributed by atoms with van der Waals surface area (Å²) in [6, 6.07) is 5.25. The third kappa shape index (κ3) is 3.90. The molecule has 154 valence electrons. The van der Waals surface area contributed by atoms with E-state index < -0.39 is 12.6 Å². The van der Waals surface area contributed by atoms with Gasteiger partial charge >= 0.3 is 5.97 Å². The molecule has 0 saturated heterocycles. The first-order valence-corrected chi connectivity index (χ1v) is 9.81. The molecule has 0 fully saturated rings. The van der Waals surface area contributed by atoms with Crippen LogP contribution in [0.5, 0.6) is 11.5 Å². The predicted molar refractivity (Wildman–Crippen MR) is 114 cm³/mol. The Hall–Kier alpha value is -3.66. The zero-order valence-electron chi connectivity index (χ0n) is 16.5. The molecule has 9 nitrogen and oxygen atoms in total. The SMILES string of the molecule is COc1cc(OCC(=O)O)ccc1-c1c(C)sc2cnc(Nc3cnn(C)c3)nc12. The van der Waals surface area contributed by atoms with Gasteiger partial charge in [0.15, 0.2) is 6.61 Å². The Bertz CT molecular complexity index is 1230. The van der Waals surface area contributed by atoms with Crippen LogP contribution in [0.2, 0.25) is 0 Å². The van der Waals surface area contributed by atoms with Crippen molar-refractivity contribution >= 4 is 39.2 Å². The van der Waals surface area contributed by atoms with Crippen LogP contribution in [-0.4, -0.2) is 44.5 Å². The molecule has 2 N–H and O–H groups in total. The molecule has 1 aromatic carbocycles. The molecule has 0 saturated carbocycles. The minimum Gasteiger partial charge on any atom is -0.496 e. The average molecular weight is 425 g/mol. The topological polar surface area (TPSA) is 111 Å². The first-order valence-electron chi connectivity index (χ1n) is 8.99. The van der Waals surface area contributed by atoms with Crippen molar-refractivity contribution in [3.05, 3.63) is 41.7 Å². The molecule has 4 aromatic rings. The number of aromatic nitrogens is 4. The van der Waals surface area contributed by atoms with Gasteiger partial charge in [-0.1, -0.05) is 0 Å². The number of nitrogens with zero attached hydrogens (tertiary/aromatic N) is 4. The van der Waals surface area contributed by atoms with Crippen molar-refractivity contribution in [2.75, 3.05) is 19.0 Å². The van der Waals surface area contributed by atoms with Crippen LogP contribution in [0.25, 0.3) is 21.3 Å². The van der Waals surface area contributed by atoms with Crippen LogP contribution >= 0.6 is 11.3 Å². The molecule has 10 heteroatoms. The molecule has 4 rings (SSSR count). The summed E-state index contributed by atoms with van der Waals surface area (Å²) in [5, 5.41) is 16.1. The number of rotatable bonds is 7. The summed E-state index contributed by atoms with van der Waals surface area (Å²) in [7, 11) is 3.40. The Labute approximate surface area is 175 Å². The second-order valence-electron chi connectivity index (χ2n) is 6.51. The predicted octanol–water partition coefficient (Wildman–Crippen LogP) is 3.62. The number of carboxylic acids is 1. The number of aliphatic carboxylic acids is 1. The quantitative estimate of drug-likeness (QED) is 0.462. The third-order valence-electron chi connectivity index (χ3n) is 4.37. The second-order valence-corrected chi connectivity index (χ2v) is 7.77. The molecule has 3 aromatic heterocycles. The molecule has 0 aliphatic heterocycles. The maximum atomic E-state index is 10.8. The smallest absolute Gasteiger partial charge is 0.341 e. The fraction of sp³-hybridized carbons (Fsp3) is 0.200. The molecular weight excluding hydrogens is 406 g/mol. The van der Waals surface area contributed by atoms with Crippen LogP contribution in [0, 0.1) is 6.92 Å². The molecule has 30 heavy (non-hydrogen) atoms. The van der Waals surface area contributed by atoms with Crippen LogP contribution < -0.4 is 14.8 Å². The number of carbonyl (C=O) groups is 1. The van der Waals surface area contributed by atoms with Gasteiger partial charge in [0.2, 0.25) is 5.95 Å². The number of thiophene rings is 1. The summed E-state index contributed by atoms with van der Waals surface area (Å²) in [6.07, 6.45) is 5.33. The summed E-state index contributed by atoms with van der Waals surface area (Å²) < 4.78 is 13.5. The molecule has 0 radical (unpaired) electrons. The number of fused-ring (bicyclic) bond motifs is 1. The van der Waals surface area contributed by atoms with Gasteiger partial charge in [0.05, 0.1) is 35.4 Å². The number of methoxy groups -OCH3 is 1. The highest BCUT2D eigenvalue weighted by Gasteiger charge is 2.18. The van der Waals surface area contributed by atoms with Crippen molar-refractivity contribution in [1.29, 1.82) is 0 Å². The lowest BCUT2D eigenvalue weighted by Crippen LogP contribution is -2.09. The number of ether oxygens (including phenoxy) is 2. The van der Waals surface area contributed by atoms with E-state index >= 15 is 0 Å². The summed E-state index contributed by atoms with van der Waals surface area (Å²) in [4.78, 5) is 20.9. The maximum Gasteiger partial charge on any atom is 0.341 e. The molecule has 0 bridgehead atoms. The van der Waals surface area contributed by atoms with Gasteiger partial charge in [-0.2, -0.15) is 5.10 Å². The maximum absolute atomic E-state index is 10.8. The summed E-state index contributed by atoms with van der Waals surface area (Å²) in [5.41, 5.74) is 3.38. The summed E-state index contributed by atoms with van der Waals surface area (Å²) in [5.74, 6) is 0.419. The summed E-state index contributed by atoms with van der Waals surface area (Å²) in [6.45, 7) is 1.60. The van der Waals surface area contributed by atoms with Crippen molar-refractivity contribution in [2.45, 2.75) is 6.92 Å². The number of aryl methyl sites for hydroxylation is 2. The third-order valence-corrected chi connectivity index (χ3v) is 5.40. The number of carboxylic acid groups (broad SMARTS) is 1. The Kier molecular flexibility index (Phi) is 5.23. The standard InChI is InChI=1S/C20H19N5O4S/c1-11-18(14-5-4-13(6-15(14)28-3)29-10-17(26)27)19-16(30-11)8-21-20(24-19)23-12-7-22-25(2)9-12/h4-9H,10H2,1-3H3,(H,26,27)(H,21,23,24). The highest BCUT2D eigenvalue weighted by molar-refractivity contribution is 7.19. The number of benzene rings is 1. The molecule has 0 spiro atoms. The first-order chi connectivity index (χ1) is 14.4. The van der Waals surface area contributed by atoms with E-state index in [0.29, 0.717) is 17.4 Å². The number of anilines is 2. The van der Waals surface area contributed by atoms with Crippen molar-refractivity contribution in [1.82, 2.24) is 19.7 Å². The van der Waals surface area contributed by atoms with E-state index in [1.54, 1.807) is 47.7 Å². The van der Waals surface area contributed by atoms with E-state index in [0.717, 1.165) is 31.9 Å². The fourth-order valence-corrected chi connectivity index (χ4v) is 4.10. The molecule has 0 aliphatic rings. The highest BCUT2D eigenvalue weighted by atomic mass is 32.1. The van der Waals surface area contributed by atoms with Crippen LogP contribution in [0.3, 0.4) is 0 Å². The van der Waals surface area contributed by atoms with Gasteiger partial charge in [-0.15, -0.1) is 11.3 Å². The number of hydrogen-bond acceptors (Lipinski definition) is 8. The highest BCUT2D eigenvalue weighted by Crippen LogP contribution is 2.42. The average Bonchev–Trinajstić information content (AvgIpc) is 3.27. The molecular formula is C20H19N5O4S. The van der Waals surface area contributed by atoms with Crippen LogP contribution in [0.1, 0.15) is 4.88 Å². The summed E-state index contributed by atoms with van der Waals surface area (Å²) >= 11 is 1.60. The Morgan fingerprint density at radius 3 is 2.87 bits per heavy atom. The van der Waals surface area contributed by atoms with Gasteiger partial charge in [0.25, 0.3) is 0 Å². The van der Waals surface area contributed by atoms with E-state index in [2.05, 4.69) is 15.4 Å². The van der Waals surface area contributed by atoms with Gasteiger partial charge in [0.1, 0.15) is 11.5 Å². The van der Waals surface area contributed by atoms with Crippen LogP contribution in [-0.2, 0) is 11.8 Å². The number of nitrogens with one attached hydrogen (secondary N) is 1. The zero-order valence-corrected chi connectivity index (χ0v) is 17.4. The van der Waals surface area contributed by atoms with Crippen LogP contribution in [0.15, 0.2) is 36.8 Å². The van der Waals surface area contributed by atoms with Crippen molar-refractivity contribution in [3.63, 3.8) is 0 Å². The lowest BCUT2D eigenvalue weighted by Gasteiger charge is -2.12. The number of hydrogen-bond donors (Lipinski definition) is 2. The van der Waals surface area contributed by atoms with Gasteiger partial charge in [0, 0.05) is 35.3 Å². The molecule has 0 atom stereocenters. The minimum atomic E-state index is -1.04. The van der Waals surface area contributed by atoms with E-state index in [9.17, 15) is 4.79 Å². The van der Waals surface area contributed by atoms with Gasteiger partial charge in [-0.25, -0.2) is 14.8 Å². The first kappa shape index (κ1) is 19.6. The Balaban J connectivity index is 1.75. The molecule has 0 unspecified atom stereocenters. The normalized spacial score (nSPS) is 10.9. The van der Waals surface area contributed by atoms with Crippen molar-refractivity contribution in [2.24, 2.45) is 7.05 Å². The van der Waals surface area contributed by atoms with Gasteiger partial charge in [-0.05, 0) is 19.1 Å². The molecule has 0 amide bonds. The monoisotopic (exact) mass is 425 g/mol. The van der Waals surface area contributed by atoms with E-state index in [-0.39, 0.29) is 0 Å². The van der Waals surface area contributed by atoms with Crippen molar-refractivity contribution < 1.29 is 19.4 Å². The molecule has 3 heterocycles. The Morgan fingerprint density at radius 2 is 2.17 bits per heavy atom. The lowest BCUT2D eigenvalue weighted by atomic mass is 10.0. The van der Waals surface area contributed by atoms with E-state index in [1.807, 2.05) is 26.2 Å². The second kappa shape index (κ2) is 7.99. The Morgan fingerprint density at radius 1 is 1.33 bits per heavy atom. The lowest BCUT2D eigenvalue weighted by molar-refractivity contribution is -0.139. The fourth-order valence-electron chi connectivity index (χ4n) is 3.11. The van der Waals surface area contributed by atoms with E-state index in [1.165, 1.54) is 0 Å². The molecule has 0 aliphatic carbocycles. The largest absolute Gasteiger partial charge is 0.496 e. The zero-order chi connectivity index (χ0) is 21.3. The van der Waals surface area contributed by atoms with Gasteiger partial charge in [-0.3, -0.25) is 4.68 Å². The minimum absolute atomic E-state index is 0.417. The van der Waals surface area contributed by atoms with E-state index in [4.69, 9.17) is 19.6 Å².